The molecule has 2 aromatic rings. The summed E-state index contributed by atoms with van der Waals surface area (Å²) in [7, 11) is 0. The number of phenols is 1. The molecule has 0 aliphatic heterocycles. The molecule has 0 amide bonds. The van der Waals surface area contributed by atoms with E-state index in [0.29, 0.717) is 11.1 Å². The molecule has 14 heavy (non-hydrogen) atoms. The average Bonchev–Trinajstić information content (AvgIpc) is 2.59. The van der Waals surface area contributed by atoms with Crippen LogP contribution < -0.4 is 0 Å². The van der Waals surface area contributed by atoms with Crippen molar-refractivity contribution in [2.24, 2.45) is 0 Å². The zero-order valence-electron chi connectivity index (χ0n) is 7.23. The van der Waals surface area contributed by atoms with Crippen molar-refractivity contribution in [3.05, 3.63) is 28.6 Å². The number of aliphatic hydroxyl groups excluding tert-OH is 1. The third-order valence-corrected chi connectivity index (χ3v) is 3.02. The van der Waals surface area contributed by atoms with Gasteiger partial charge in [0.1, 0.15) is 5.75 Å². The summed E-state index contributed by atoms with van der Waals surface area (Å²) in [6.07, 6.45) is 0.759. The van der Waals surface area contributed by atoms with Crippen LogP contribution in [0.4, 0.5) is 0 Å². The lowest BCUT2D eigenvalue weighted by Crippen LogP contribution is -1.86. The lowest BCUT2D eigenvalue weighted by molar-refractivity contribution is 0.112. The molecule has 1 heterocycles. The Morgan fingerprint density at radius 1 is 1.43 bits per heavy atom. The van der Waals surface area contributed by atoms with Gasteiger partial charge in [0.05, 0.1) is 6.61 Å². The van der Waals surface area contributed by atoms with Gasteiger partial charge in [-0.3, -0.25) is 4.79 Å². The van der Waals surface area contributed by atoms with Gasteiger partial charge in [0.2, 0.25) is 0 Å². The molecule has 1 aromatic heterocycles. The summed E-state index contributed by atoms with van der Waals surface area (Å²) in [5, 5.41) is 20.9. The van der Waals surface area contributed by atoms with Crippen LogP contribution in [0, 0.1) is 0 Å². The SMILES string of the molecule is O=Cc1csc2cc(O)cc(CO)c12. The second kappa shape index (κ2) is 3.40. The standard InChI is InChI=1S/C10H8O3S/c11-3-6-1-8(13)2-9-10(6)7(4-12)5-14-9/h1-2,4-5,11,13H,3H2. The molecule has 3 nitrogen and oxygen atoms in total. The minimum absolute atomic E-state index is 0.112. The normalized spacial score (nSPS) is 10.6. The maximum Gasteiger partial charge on any atom is 0.151 e. The van der Waals surface area contributed by atoms with Gasteiger partial charge in [-0.1, -0.05) is 0 Å². The second-order valence-electron chi connectivity index (χ2n) is 2.95. The number of rotatable bonds is 2. The van der Waals surface area contributed by atoms with E-state index in [-0.39, 0.29) is 12.4 Å². The van der Waals surface area contributed by atoms with Crippen molar-refractivity contribution in [3.63, 3.8) is 0 Å². The Hall–Kier alpha value is -1.39. The molecule has 0 aliphatic rings. The lowest BCUT2D eigenvalue weighted by atomic mass is 10.1. The van der Waals surface area contributed by atoms with E-state index >= 15 is 0 Å². The van der Waals surface area contributed by atoms with Crippen molar-refractivity contribution >= 4 is 27.7 Å². The van der Waals surface area contributed by atoms with Crippen LogP contribution in [0.2, 0.25) is 0 Å². The van der Waals surface area contributed by atoms with Crippen molar-refractivity contribution in [2.75, 3.05) is 0 Å². The number of phenolic OH excluding ortho intramolecular Hbond substituents is 1. The maximum absolute atomic E-state index is 10.7. The molecular formula is C10H8O3S. The molecule has 0 fully saturated rings. The van der Waals surface area contributed by atoms with Crippen LogP contribution in [0.15, 0.2) is 17.5 Å². The highest BCUT2D eigenvalue weighted by Crippen LogP contribution is 2.31. The van der Waals surface area contributed by atoms with Crippen LogP contribution in [-0.2, 0) is 6.61 Å². The summed E-state index contributed by atoms with van der Waals surface area (Å²) in [6.45, 7) is -0.178. The summed E-state index contributed by atoms with van der Waals surface area (Å²) >= 11 is 1.38. The maximum atomic E-state index is 10.7. The van der Waals surface area contributed by atoms with E-state index in [9.17, 15) is 9.90 Å². The number of hydrogen-bond donors (Lipinski definition) is 2. The molecule has 0 spiro atoms. The zero-order valence-corrected chi connectivity index (χ0v) is 8.04. The van der Waals surface area contributed by atoms with Crippen molar-refractivity contribution in [1.82, 2.24) is 0 Å². The van der Waals surface area contributed by atoms with Crippen molar-refractivity contribution < 1.29 is 15.0 Å². The van der Waals surface area contributed by atoms with Crippen molar-refractivity contribution in [3.8, 4) is 5.75 Å². The predicted molar refractivity (Wildman–Crippen MR) is 54.8 cm³/mol. The highest BCUT2D eigenvalue weighted by atomic mass is 32.1. The monoisotopic (exact) mass is 208 g/mol. The molecule has 0 saturated carbocycles. The Balaban J connectivity index is 2.85. The van der Waals surface area contributed by atoms with Crippen LogP contribution in [0.3, 0.4) is 0 Å². The molecule has 1 aromatic carbocycles. The van der Waals surface area contributed by atoms with Gasteiger partial charge < -0.3 is 10.2 Å². The summed E-state index contributed by atoms with van der Waals surface area (Å²) in [6, 6.07) is 3.06. The number of aromatic hydroxyl groups is 1. The van der Waals surface area contributed by atoms with Crippen LogP contribution in [0.5, 0.6) is 5.75 Å². The van der Waals surface area contributed by atoms with Crippen molar-refractivity contribution in [1.29, 1.82) is 0 Å². The van der Waals surface area contributed by atoms with E-state index in [1.165, 1.54) is 17.4 Å². The minimum Gasteiger partial charge on any atom is -0.508 e. The van der Waals surface area contributed by atoms with Crippen LogP contribution in [0.1, 0.15) is 15.9 Å². The highest BCUT2D eigenvalue weighted by molar-refractivity contribution is 7.17. The van der Waals surface area contributed by atoms with E-state index in [1.807, 2.05) is 0 Å². The quantitative estimate of drug-likeness (QED) is 0.741. The number of carbonyl (C=O) groups is 1. The number of aldehydes is 1. The van der Waals surface area contributed by atoms with Gasteiger partial charge in [-0.05, 0) is 17.7 Å². The van der Waals surface area contributed by atoms with E-state index in [2.05, 4.69) is 0 Å². The number of fused-ring (bicyclic) bond motifs is 1. The molecule has 0 bridgehead atoms. The predicted octanol–water partition coefficient (Wildman–Crippen LogP) is 1.91. The Labute approximate surface area is 84.2 Å². The van der Waals surface area contributed by atoms with Gasteiger partial charge >= 0.3 is 0 Å². The first kappa shape index (κ1) is 9.18. The number of benzene rings is 1. The lowest BCUT2D eigenvalue weighted by Gasteiger charge is -2.01. The van der Waals surface area contributed by atoms with Gasteiger partial charge in [-0.2, -0.15) is 0 Å². The van der Waals surface area contributed by atoms with Gasteiger partial charge in [0, 0.05) is 21.0 Å². The number of hydrogen-bond acceptors (Lipinski definition) is 4. The zero-order chi connectivity index (χ0) is 10.1. The summed E-state index contributed by atoms with van der Waals surface area (Å²) in [5.74, 6) is 0.112. The molecule has 72 valence electrons. The first-order chi connectivity index (χ1) is 6.76. The fraction of sp³-hybridized carbons (Fsp3) is 0.100. The Morgan fingerprint density at radius 2 is 2.21 bits per heavy atom. The molecular weight excluding hydrogens is 200 g/mol. The highest BCUT2D eigenvalue weighted by Gasteiger charge is 2.09. The summed E-state index contributed by atoms with van der Waals surface area (Å²) in [4.78, 5) is 10.7. The average molecular weight is 208 g/mol. The second-order valence-corrected chi connectivity index (χ2v) is 3.86. The minimum atomic E-state index is -0.178. The Kier molecular flexibility index (Phi) is 2.23. The Bertz CT molecular complexity index is 487. The van der Waals surface area contributed by atoms with Gasteiger partial charge in [-0.25, -0.2) is 0 Å². The largest absolute Gasteiger partial charge is 0.508 e. The van der Waals surface area contributed by atoms with Gasteiger partial charge in [-0.15, -0.1) is 11.3 Å². The molecule has 2 N–H and O–H groups in total. The number of thiophene rings is 1. The number of aliphatic hydroxyl groups is 1. The van der Waals surface area contributed by atoms with Crippen molar-refractivity contribution in [2.45, 2.75) is 6.61 Å². The molecule has 0 radical (unpaired) electrons. The summed E-state index contributed by atoms with van der Waals surface area (Å²) < 4.78 is 0.816. The molecule has 4 heteroatoms. The van der Waals surface area contributed by atoms with Crippen LogP contribution in [0.25, 0.3) is 10.1 Å². The van der Waals surface area contributed by atoms with E-state index in [4.69, 9.17) is 5.11 Å². The topological polar surface area (TPSA) is 57.5 Å². The third-order valence-electron chi connectivity index (χ3n) is 2.07. The first-order valence-corrected chi connectivity index (χ1v) is 4.93. The number of carbonyl (C=O) groups excluding carboxylic acids is 1. The molecule has 0 saturated heterocycles. The fourth-order valence-electron chi connectivity index (χ4n) is 1.47. The molecule has 0 aliphatic carbocycles. The van der Waals surface area contributed by atoms with Gasteiger partial charge in [0.25, 0.3) is 0 Å². The Morgan fingerprint density at radius 3 is 2.86 bits per heavy atom. The van der Waals surface area contributed by atoms with E-state index in [0.717, 1.165) is 16.4 Å². The summed E-state index contributed by atoms with van der Waals surface area (Å²) in [5.41, 5.74) is 1.15. The molecule has 2 rings (SSSR count). The molecule has 0 atom stereocenters. The van der Waals surface area contributed by atoms with Crippen LogP contribution in [-0.4, -0.2) is 16.5 Å². The van der Waals surface area contributed by atoms with Crippen LogP contribution >= 0.6 is 11.3 Å². The van der Waals surface area contributed by atoms with Gasteiger partial charge in [0.15, 0.2) is 6.29 Å². The smallest absolute Gasteiger partial charge is 0.151 e. The fourth-order valence-corrected chi connectivity index (χ4v) is 2.46. The van der Waals surface area contributed by atoms with E-state index < -0.39 is 0 Å². The molecule has 0 unspecified atom stereocenters. The first-order valence-electron chi connectivity index (χ1n) is 4.05. The third kappa shape index (κ3) is 1.29. The van der Waals surface area contributed by atoms with E-state index in [1.54, 1.807) is 11.4 Å².